The second-order valence-electron chi connectivity index (χ2n) is 7.40. The van der Waals surface area contributed by atoms with Crippen molar-refractivity contribution in [1.29, 1.82) is 0 Å². The highest BCUT2D eigenvalue weighted by Crippen LogP contribution is 2.25. The molecule has 0 fully saturated rings. The second kappa shape index (κ2) is 11.8. The lowest BCUT2D eigenvalue weighted by Gasteiger charge is -2.09. The molecular weight excluding hydrogens is 484 g/mol. The summed E-state index contributed by atoms with van der Waals surface area (Å²) < 4.78 is 6.25. The van der Waals surface area contributed by atoms with Crippen molar-refractivity contribution in [2.45, 2.75) is 20.3 Å². The third-order valence-corrected chi connectivity index (χ3v) is 5.08. The lowest BCUT2D eigenvalue weighted by Crippen LogP contribution is -2.26. The van der Waals surface area contributed by atoms with Gasteiger partial charge in [-0.2, -0.15) is 5.10 Å². The standard InChI is InChI=1S/C25H25BrN4O3/c1-17-8-13-23(22(26)14-17)33-16-25(32)30-29-18(2)15-24(31)28-21-11-9-20(10-12-21)27-19-6-4-3-5-7-19/h3-14,27H,15-16H2,1-2H3,(H,28,31)(H,30,32). The lowest BCUT2D eigenvalue weighted by molar-refractivity contribution is -0.123. The summed E-state index contributed by atoms with van der Waals surface area (Å²) in [7, 11) is 0. The lowest BCUT2D eigenvalue weighted by atomic mass is 10.2. The first-order valence-corrected chi connectivity index (χ1v) is 11.1. The molecule has 0 bridgehead atoms. The van der Waals surface area contributed by atoms with Crippen LogP contribution in [0.1, 0.15) is 18.9 Å². The molecule has 33 heavy (non-hydrogen) atoms. The summed E-state index contributed by atoms with van der Waals surface area (Å²) in [6, 6.07) is 22.8. The summed E-state index contributed by atoms with van der Waals surface area (Å²) in [5.74, 6) is -0.0707. The van der Waals surface area contributed by atoms with E-state index in [0.717, 1.165) is 21.4 Å². The molecular formula is C25H25BrN4O3. The van der Waals surface area contributed by atoms with Crippen molar-refractivity contribution >= 4 is 50.5 Å². The number of amides is 2. The fourth-order valence-corrected chi connectivity index (χ4v) is 3.47. The van der Waals surface area contributed by atoms with Gasteiger partial charge in [0, 0.05) is 22.8 Å². The van der Waals surface area contributed by atoms with Crippen molar-refractivity contribution in [2.75, 3.05) is 17.2 Å². The van der Waals surface area contributed by atoms with E-state index in [1.807, 2.05) is 73.7 Å². The largest absolute Gasteiger partial charge is 0.483 e. The molecule has 170 valence electrons. The molecule has 3 N–H and O–H groups in total. The minimum absolute atomic E-state index is 0.0503. The Morgan fingerprint density at radius 3 is 2.27 bits per heavy atom. The molecule has 7 nitrogen and oxygen atoms in total. The number of anilines is 3. The number of nitrogens with zero attached hydrogens (tertiary/aromatic N) is 1. The van der Waals surface area contributed by atoms with Gasteiger partial charge in [-0.3, -0.25) is 9.59 Å². The van der Waals surface area contributed by atoms with Crippen molar-refractivity contribution in [3.63, 3.8) is 0 Å². The quantitative estimate of drug-likeness (QED) is 0.266. The minimum Gasteiger partial charge on any atom is -0.483 e. The molecule has 0 spiro atoms. The van der Waals surface area contributed by atoms with Crippen LogP contribution in [0.5, 0.6) is 5.75 Å². The van der Waals surface area contributed by atoms with Crippen molar-refractivity contribution in [3.05, 3.63) is 82.8 Å². The molecule has 0 saturated heterocycles. The SMILES string of the molecule is CC(CC(=O)Nc1ccc(Nc2ccccc2)cc1)=NNC(=O)COc1ccc(C)cc1Br. The Hall–Kier alpha value is -3.65. The van der Waals surface area contributed by atoms with Crippen LogP contribution >= 0.6 is 15.9 Å². The Labute approximate surface area is 201 Å². The Kier molecular flexibility index (Phi) is 8.60. The van der Waals surface area contributed by atoms with Gasteiger partial charge in [-0.05, 0) is 83.9 Å². The van der Waals surface area contributed by atoms with E-state index in [0.29, 0.717) is 17.1 Å². The first-order valence-electron chi connectivity index (χ1n) is 10.3. The van der Waals surface area contributed by atoms with Gasteiger partial charge >= 0.3 is 0 Å². The number of aryl methyl sites for hydroxylation is 1. The van der Waals surface area contributed by atoms with Gasteiger partial charge in [0.05, 0.1) is 10.9 Å². The number of carbonyl (C=O) groups excluding carboxylic acids is 2. The highest BCUT2D eigenvalue weighted by molar-refractivity contribution is 9.10. The minimum atomic E-state index is -0.413. The number of halogens is 1. The molecule has 2 amide bonds. The third-order valence-electron chi connectivity index (χ3n) is 4.47. The summed E-state index contributed by atoms with van der Waals surface area (Å²) in [5.41, 5.74) is 6.53. The van der Waals surface area contributed by atoms with Crippen molar-refractivity contribution < 1.29 is 14.3 Å². The number of nitrogens with one attached hydrogen (secondary N) is 3. The first kappa shape index (κ1) is 24.0. The highest BCUT2D eigenvalue weighted by Gasteiger charge is 2.08. The average molecular weight is 509 g/mol. The van der Waals surface area contributed by atoms with Crippen LogP contribution in [-0.4, -0.2) is 24.1 Å². The van der Waals surface area contributed by atoms with Crippen molar-refractivity contribution in [2.24, 2.45) is 5.10 Å². The molecule has 0 aromatic heterocycles. The number of hydrazone groups is 1. The van der Waals surface area contributed by atoms with Gasteiger partial charge < -0.3 is 15.4 Å². The number of hydrogen-bond acceptors (Lipinski definition) is 5. The van der Waals surface area contributed by atoms with Crippen LogP contribution in [0.4, 0.5) is 17.1 Å². The van der Waals surface area contributed by atoms with Gasteiger partial charge in [0.15, 0.2) is 6.61 Å². The van der Waals surface area contributed by atoms with Gasteiger partial charge in [0.25, 0.3) is 5.91 Å². The Balaban J connectivity index is 1.42. The molecule has 0 aliphatic carbocycles. The Morgan fingerprint density at radius 2 is 1.58 bits per heavy atom. The van der Waals surface area contributed by atoms with Gasteiger partial charge in [-0.25, -0.2) is 5.43 Å². The Bertz CT molecular complexity index is 1130. The first-order chi connectivity index (χ1) is 15.9. The van der Waals surface area contributed by atoms with Crippen LogP contribution in [0.15, 0.2) is 82.4 Å². The normalized spacial score (nSPS) is 10.9. The second-order valence-corrected chi connectivity index (χ2v) is 8.25. The van der Waals surface area contributed by atoms with E-state index in [1.54, 1.807) is 13.0 Å². The molecule has 0 aliphatic heterocycles. The summed E-state index contributed by atoms with van der Waals surface area (Å²) in [5, 5.41) is 10.1. The van der Waals surface area contributed by atoms with Gasteiger partial charge in [-0.1, -0.05) is 24.3 Å². The van der Waals surface area contributed by atoms with E-state index < -0.39 is 5.91 Å². The summed E-state index contributed by atoms with van der Waals surface area (Å²) in [6.07, 6.45) is 0.0503. The van der Waals surface area contributed by atoms with Crippen molar-refractivity contribution in [1.82, 2.24) is 5.43 Å². The van der Waals surface area contributed by atoms with E-state index in [2.05, 4.69) is 37.1 Å². The van der Waals surface area contributed by atoms with Gasteiger partial charge in [-0.15, -0.1) is 0 Å². The van der Waals surface area contributed by atoms with Crippen molar-refractivity contribution in [3.8, 4) is 5.75 Å². The predicted molar refractivity (Wildman–Crippen MR) is 135 cm³/mol. The fourth-order valence-electron chi connectivity index (χ4n) is 2.86. The van der Waals surface area contributed by atoms with Crippen LogP contribution in [0, 0.1) is 6.92 Å². The number of para-hydroxylation sites is 1. The topological polar surface area (TPSA) is 91.8 Å². The van der Waals surface area contributed by atoms with Gasteiger partial charge in [0.2, 0.25) is 5.91 Å². The van der Waals surface area contributed by atoms with E-state index in [4.69, 9.17) is 4.74 Å². The van der Waals surface area contributed by atoms with E-state index in [-0.39, 0.29) is 18.9 Å². The van der Waals surface area contributed by atoms with Crippen LogP contribution in [0.3, 0.4) is 0 Å². The zero-order chi connectivity index (χ0) is 23.6. The number of ether oxygens (including phenoxy) is 1. The smallest absolute Gasteiger partial charge is 0.277 e. The maximum absolute atomic E-state index is 12.3. The van der Waals surface area contributed by atoms with E-state index >= 15 is 0 Å². The fraction of sp³-hybridized carbons (Fsp3) is 0.160. The van der Waals surface area contributed by atoms with E-state index in [1.165, 1.54) is 0 Å². The molecule has 3 rings (SSSR count). The zero-order valence-corrected chi connectivity index (χ0v) is 20.0. The number of rotatable bonds is 9. The monoisotopic (exact) mass is 508 g/mol. The summed E-state index contributed by atoms with van der Waals surface area (Å²) >= 11 is 3.40. The summed E-state index contributed by atoms with van der Waals surface area (Å²) in [6.45, 7) is 3.45. The maximum Gasteiger partial charge on any atom is 0.277 e. The van der Waals surface area contributed by atoms with Gasteiger partial charge in [0.1, 0.15) is 5.75 Å². The molecule has 0 atom stereocenters. The van der Waals surface area contributed by atoms with Crippen LogP contribution in [0.25, 0.3) is 0 Å². The number of benzene rings is 3. The zero-order valence-electron chi connectivity index (χ0n) is 18.4. The van der Waals surface area contributed by atoms with Crippen LogP contribution in [0.2, 0.25) is 0 Å². The highest BCUT2D eigenvalue weighted by atomic mass is 79.9. The molecule has 8 heteroatoms. The number of hydrogen-bond donors (Lipinski definition) is 3. The summed E-state index contributed by atoms with van der Waals surface area (Å²) in [4.78, 5) is 24.2. The maximum atomic E-state index is 12.3. The van der Waals surface area contributed by atoms with E-state index in [9.17, 15) is 9.59 Å². The molecule has 0 saturated carbocycles. The molecule has 3 aromatic rings. The predicted octanol–water partition coefficient (Wildman–Crippen LogP) is 5.40. The third kappa shape index (κ3) is 8.08. The molecule has 0 radical (unpaired) electrons. The molecule has 0 unspecified atom stereocenters. The molecule has 0 aliphatic rings. The molecule has 3 aromatic carbocycles. The van der Waals surface area contributed by atoms with Crippen LogP contribution < -0.4 is 20.8 Å². The average Bonchev–Trinajstić information content (AvgIpc) is 2.79. The Morgan fingerprint density at radius 1 is 0.909 bits per heavy atom. The molecule has 0 heterocycles. The number of carbonyl (C=O) groups is 2. The van der Waals surface area contributed by atoms with Crippen LogP contribution in [-0.2, 0) is 9.59 Å².